The van der Waals surface area contributed by atoms with E-state index in [0.29, 0.717) is 0 Å². The van der Waals surface area contributed by atoms with Crippen molar-refractivity contribution >= 4 is 22.2 Å². The fourth-order valence-corrected chi connectivity index (χ4v) is 3.91. The van der Waals surface area contributed by atoms with E-state index in [4.69, 9.17) is 5.73 Å². The molecule has 0 radical (unpaired) electrons. The molecule has 4 N–H and O–H groups in total. The maximum absolute atomic E-state index is 12.9. The maximum Gasteiger partial charge on any atom is 0.343 e. The summed E-state index contributed by atoms with van der Waals surface area (Å²) in [4.78, 5) is 14.0. The van der Waals surface area contributed by atoms with Crippen molar-refractivity contribution in [2.24, 2.45) is 5.73 Å². The Morgan fingerprint density at radius 1 is 1.21 bits per heavy atom. The number of benzene rings is 1. The highest BCUT2D eigenvalue weighted by Gasteiger charge is 2.15. The minimum atomic E-state index is -1.84. The average molecular weight is 402 g/mol. The molecule has 3 heterocycles. The van der Waals surface area contributed by atoms with Crippen LogP contribution in [0.2, 0.25) is 0 Å². The van der Waals surface area contributed by atoms with Crippen LogP contribution in [0.1, 0.15) is 10.7 Å². The highest BCUT2D eigenvalue weighted by molar-refractivity contribution is 7.15. The molecule has 28 heavy (non-hydrogen) atoms. The maximum atomic E-state index is 12.9. The van der Waals surface area contributed by atoms with Crippen molar-refractivity contribution < 1.29 is 8.78 Å². The molecule has 0 spiro atoms. The molecule has 0 aliphatic rings. The first-order chi connectivity index (χ1) is 13.5. The van der Waals surface area contributed by atoms with Gasteiger partial charge in [-0.2, -0.15) is 19.0 Å². The SMILES string of the molecule is NCC(Cc1n[nH]c(=O)n1Cc1ccc(-c2ccc3cn[nH]c3c2)s1)=C(F)F. The summed E-state index contributed by atoms with van der Waals surface area (Å²) < 4.78 is 27.2. The van der Waals surface area contributed by atoms with Crippen molar-refractivity contribution in [2.75, 3.05) is 6.54 Å². The lowest BCUT2D eigenvalue weighted by molar-refractivity contribution is 0.407. The lowest BCUT2D eigenvalue weighted by Crippen LogP contribution is -2.20. The second-order valence-corrected chi connectivity index (χ2v) is 7.38. The highest BCUT2D eigenvalue weighted by atomic mass is 32.1. The van der Waals surface area contributed by atoms with Crippen LogP contribution in [0.5, 0.6) is 0 Å². The zero-order chi connectivity index (χ0) is 19.7. The van der Waals surface area contributed by atoms with Crippen LogP contribution in [0.4, 0.5) is 8.78 Å². The minimum absolute atomic E-state index is 0.174. The minimum Gasteiger partial charge on any atom is -0.327 e. The van der Waals surface area contributed by atoms with E-state index in [-0.39, 0.29) is 30.9 Å². The smallest absolute Gasteiger partial charge is 0.327 e. The van der Waals surface area contributed by atoms with Crippen LogP contribution in [0.15, 0.2) is 53.0 Å². The Balaban J connectivity index is 1.60. The third-order valence-corrected chi connectivity index (χ3v) is 5.54. The molecule has 0 fully saturated rings. The van der Waals surface area contributed by atoms with Gasteiger partial charge in [0, 0.05) is 33.7 Å². The third kappa shape index (κ3) is 3.51. The van der Waals surface area contributed by atoms with Gasteiger partial charge in [-0.15, -0.1) is 11.3 Å². The fraction of sp³-hybridized carbons (Fsp3) is 0.167. The topological polar surface area (TPSA) is 105 Å². The molecule has 0 aliphatic heterocycles. The summed E-state index contributed by atoms with van der Waals surface area (Å²) in [5.74, 6) is 0.229. The number of hydrogen-bond acceptors (Lipinski definition) is 5. The predicted molar refractivity (Wildman–Crippen MR) is 103 cm³/mol. The Bertz CT molecular complexity index is 1210. The van der Waals surface area contributed by atoms with Gasteiger partial charge in [-0.3, -0.25) is 9.67 Å². The zero-order valence-electron chi connectivity index (χ0n) is 14.6. The monoisotopic (exact) mass is 402 g/mol. The van der Waals surface area contributed by atoms with Crippen LogP contribution in [-0.2, 0) is 13.0 Å². The quantitative estimate of drug-likeness (QED) is 0.461. The Kier molecular flexibility index (Phi) is 4.88. The van der Waals surface area contributed by atoms with Crippen molar-refractivity contribution in [1.82, 2.24) is 25.0 Å². The van der Waals surface area contributed by atoms with Crippen molar-refractivity contribution in [3.05, 3.63) is 69.4 Å². The van der Waals surface area contributed by atoms with Crippen molar-refractivity contribution in [3.63, 3.8) is 0 Å². The van der Waals surface area contributed by atoms with Gasteiger partial charge in [0.15, 0.2) is 0 Å². The number of hydrogen-bond donors (Lipinski definition) is 3. The molecular weight excluding hydrogens is 386 g/mol. The number of thiophene rings is 1. The zero-order valence-corrected chi connectivity index (χ0v) is 15.4. The summed E-state index contributed by atoms with van der Waals surface area (Å²) in [7, 11) is 0. The molecule has 4 aromatic rings. The van der Waals surface area contributed by atoms with Crippen molar-refractivity contribution in [1.29, 1.82) is 0 Å². The van der Waals surface area contributed by atoms with Crippen molar-refractivity contribution in [2.45, 2.75) is 13.0 Å². The molecule has 0 saturated heterocycles. The third-order valence-electron chi connectivity index (χ3n) is 4.42. The molecule has 10 heteroatoms. The summed E-state index contributed by atoms with van der Waals surface area (Å²) in [5.41, 5.74) is 6.65. The predicted octanol–water partition coefficient (Wildman–Crippen LogP) is 2.88. The Morgan fingerprint density at radius 3 is 2.86 bits per heavy atom. The van der Waals surface area contributed by atoms with Gasteiger partial charge in [-0.25, -0.2) is 9.89 Å². The molecule has 4 rings (SSSR count). The molecule has 3 aromatic heterocycles. The van der Waals surface area contributed by atoms with Crippen molar-refractivity contribution in [3.8, 4) is 10.4 Å². The van der Waals surface area contributed by atoms with Gasteiger partial charge < -0.3 is 5.73 Å². The van der Waals surface area contributed by atoms with Gasteiger partial charge in [0.05, 0.1) is 18.3 Å². The van der Waals surface area contributed by atoms with Gasteiger partial charge in [-0.1, -0.05) is 12.1 Å². The number of halogens is 2. The average Bonchev–Trinajstić information content (AvgIpc) is 3.41. The van der Waals surface area contributed by atoms with Gasteiger partial charge in [-0.05, 0) is 23.8 Å². The normalized spacial score (nSPS) is 11.2. The molecule has 0 amide bonds. The Morgan fingerprint density at radius 2 is 2.07 bits per heavy atom. The lowest BCUT2D eigenvalue weighted by atomic mass is 10.1. The van der Waals surface area contributed by atoms with Crippen LogP contribution in [0, 0.1) is 0 Å². The van der Waals surface area contributed by atoms with E-state index < -0.39 is 11.8 Å². The van der Waals surface area contributed by atoms with Gasteiger partial charge >= 0.3 is 5.69 Å². The number of nitrogens with zero attached hydrogens (tertiary/aromatic N) is 3. The van der Waals surface area contributed by atoms with Gasteiger partial charge in [0.2, 0.25) is 0 Å². The van der Waals surface area contributed by atoms with Crippen LogP contribution in [0.3, 0.4) is 0 Å². The number of H-pyrrole nitrogens is 2. The molecule has 0 atom stereocenters. The first-order valence-electron chi connectivity index (χ1n) is 8.44. The van der Waals surface area contributed by atoms with E-state index in [2.05, 4.69) is 20.4 Å². The fourth-order valence-electron chi connectivity index (χ4n) is 2.92. The molecule has 1 aromatic carbocycles. The number of aromatic nitrogens is 5. The number of rotatable bonds is 6. The van der Waals surface area contributed by atoms with Gasteiger partial charge in [0.1, 0.15) is 5.82 Å². The summed E-state index contributed by atoms with van der Waals surface area (Å²) in [6.45, 7) is -0.0456. The largest absolute Gasteiger partial charge is 0.343 e. The molecule has 0 saturated carbocycles. The molecule has 0 unspecified atom stereocenters. The number of fused-ring (bicyclic) bond motifs is 1. The molecule has 0 aliphatic carbocycles. The van der Waals surface area contributed by atoms with E-state index >= 15 is 0 Å². The van der Waals surface area contributed by atoms with Crippen LogP contribution >= 0.6 is 11.3 Å². The highest BCUT2D eigenvalue weighted by Crippen LogP contribution is 2.30. The van der Waals surface area contributed by atoms with E-state index in [9.17, 15) is 13.6 Å². The van der Waals surface area contributed by atoms with Crippen LogP contribution < -0.4 is 11.4 Å². The molecular formula is C18H16F2N6OS. The first-order valence-corrected chi connectivity index (χ1v) is 9.26. The first kappa shape index (κ1) is 18.3. The van der Waals surface area contributed by atoms with E-state index in [1.165, 1.54) is 15.9 Å². The Labute approximate surface area is 161 Å². The molecule has 7 nitrogen and oxygen atoms in total. The number of nitrogens with one attached hydrogen (secondary N) is 2. The summed E-state index contributed by atoms with van der Waals surface area (Å²) in [5, 5.41) is 14.2. The molecule has 144 valence electrons. The van der Waals surface area contributed by atoms with Crippen LogP contribution in [0.25, 0.3) is 21.3 Å². The van der Waals surface area contributed by atoms with Crippen LogP contribution in [-0.4, -0.2) is 31.5 Å². The van der Waals surface area contributed by atoms with E-state index in [0.717, 1.165) is 26.2 Å². The summed E-state index contributed by atoms with van der Waals surface area (Å²) in [6.07, 6.45) is -0.250. The second kappa shape index (κ2) is 7.49. The lowest BCUT2D eigenvalue weighted by Gasteiger charge is -2.05. The Hall–Kier alpha value is -3.11. The standard InChI is InChI=1S/C18H16F2N6OS/c19-17(20)12(7-21)6-16-24-25-18(27)26(16)9-13-3-4-15(28-13)10-1-2-11-8-22-23-14(11)5-10/h1-5,8H,6-7,9,21H2,(H,22,23)(H,25,27). The van der Waals surface area contributed by atoms with Gasteiger partial charge in [0.25, 0.3) is 6.08 Å². The molecule has 0 bridgehead atoms. The van der Waals surface area contributed by atoms with E-state index in [1.54, 1.807) is 6.20 Å². The number of nitrogens with two attached hydrogens (primary N) is 1. The second-order valence-electron chi connectivity index (χ2n) is 6.21. The van der Waals surface area contributed by atoms with E-state index in [1.807, 2.05) is 30.3 Å². The summed E-state index contributed by atoms with van der Waals surface area (Å²) >= 11 is 1.52. The summed E-state index contributed by atoms with van der Waals surface area (Å²) in [6, 6.07) is 9.88. The number of aromatic amines is 2.